The van der Waals surface area contributed by atoms with E-state index in [4.69, 9.17) is 14.5 Å². The van der Waals surface area contributed by atoms with Crippen molar-refractivity contribution in [2.45, 2.75) is 51.5 Å². The van der Waals surface area contributed by atoms with E-state index in [1.165, 1.54) is 19.6 Å². The second-order valence-corrected chi connectivity index (χ2v) is 9.83. The van der Waals surface area contributed by atoms with Gasteiger partial charge >= 0.3 is 11.9 Å². The van der Waals surface area contributed by atoms with Crippen LogP contribution in [0, 0.1) is 10.8 Å². The van der Waals surface area contributed by atoms with Crippen molar-refractivity contribution in [1.29, 1.82) is 0 Å². The van der Waals surface area contributed by atoms with E-state index in [9.17, 15) is 9.59 Å². The zero-order chi connectivity index (χ0) is 22.2. The second kappa shape index (κ2) is 6.28. The molecule has 0 spiro atoms. The van der Waals surface area contributed by atoms with Gasteiger partial charge in [0, 0.05) is 25.4 Å². The first-order valence-corrected chi connectivity index (χ1v) is 11.0. The molecule has 31 heavy (non-hydrogen) atoms. The largest absolute Gasteiger partial charge is 0.468 e. The molecule has 1 aliphatic carbocycles. The molecule has 0 radical (unpaired) electrons. The average Bonchev–Trinajstić information content (AvgIpc) is 3.09. The summed E-state index contributed by atoms with van der Waals surface area (Å²) in [4.78, 5) is 33.7. The Morgan fingerprint density at radius 1 is 1.26 bits per heavy atom. The van der Waals surface area contributed by atoms with Crippen LogP contribution in [-0.4, -0.2) is 54.9 Å². The topological polar surface area (TPSA) is 68.2 Å². The van der Waals surface area contributed by atoms with Crippen LogP contribution in [0.1, 0.15) is 46.1 Å². The van der Waals surface area contributed by atoms with Gasteiger partial charge < -0.3 is 9.47 Å². The highest BCUT2D eigenvalue weighted by molar-refractivity contribution is 6.13. The highest BCUT2D eigenvalue weighted by Crippen LogP contribution is 2.73. The van der Waals surface area contributed by atoms with Crippen LogP contribution in [0.4, 0.5) is 5.69 Å². The van der Waals surface area contributed by atoms with Crippen LogP contribution < -0.4 is 0 Å². The fourth-order valence-electron chi connectivity index (χ4n) is 7.52. The molecule has 164 valence electrons. The standard InChI is InChI=1S/C25H30N2O4/c1-6-17-13-27-12-11-24-18-9-7-8-10-19(18)26-20(24)23(27,4)14-22(17,3)25(24,21(29)30-5)15-31-16(2)28/h6-10H,11-15H2,1-5H3/t22-,23-,24+,25-/m0/s1. The quantitative estimate of drug-likeness (QED) is 0.550. The summed E-state index contributed by atoms with van der Waals surface area (Å²) in [6.07, 6.45) is 3.60. The summed E-state index contributed by atoms with van der Waals surface area (Å²) < 4.78 is 11.3. The summed E-state index contributed by atoms with van der Waals surface area (Å²) in [6.45, 7) is 9.47. The first-order chi connectivity index (χ1) is 14.7. The van der Waals surface area contributed by atoms with Crippen LogP contribution in [-0.2, 0) is 24.5 Å². The lowest BCUT2D eigenvalue weighted by Gasteiger charge is -2.72. The Kier molecular flexibility index (Phi) is 4.14. The molecule has 1 aromatic carbocycles. The number of benzene rings is 1. The molecular formula is C25H30N2O4. The minimum Gasteiger partial charge on any atom is -0.468 e. The van der Waals surface area contributed by atoms with E-state index in [2.05, 4.69) is 30.9 Å². The number of methoxy groups -OCH3 is 1. The maximum atomic E-state index is 14.0. The molecule has 0 unspecified atom stereocenters. The van der Waals surface area contributed by atoms with Crippen LogP contribution in [0.2, 0.25) is 0 Å². The maximum Gasteiger partial charge on any atom is 0.317 e. The Labute approximate surface area is 183 Å². The van der Waals surface area contributed by atoms with Crippen molar-refractivity contribution >= 4 is 23.3 Å². The molecule has 3 fully saturated rings. The molecule has 5 rings (SSSR count). The molecule has 4 aliphatic rings. The zero-order valence-electron chi connectivity index (χ0n) is 18.9. The number of ether oxygens (including phenoxy) is 2. The third-order valence-corrected chi connectivity index (χ3v) is 8.78. The first kappa shape index (κ1) is 20.4. The zero-order valence-corrected chi connectivity index (χ0v) is 18.9. The molecule has 2 saturated heterocycles. The number of allylic oxidation sites excluding steroid dienone is 1. The third-order valence-electron chi connectivity index (χ3n) is 8.78. The molecule has 1 saturated carbocycles. The van der Waals surface area contributed by atoms with Crippen molar-refractivity contribution in [3.63, 3.8) is 0 Å². The predicted octanol–water partition coefficient (Wildman–Crippen LogP) is 3.57. The Bertz CT molecular complexity index is 1060. The van der Waals surface area contributed by atoms with Gasteiger partial charge in [0.1, 0.15) is 12.0 Å². The van der Waals surface area contributed by atoms with Crippen molar-refractivity contribution in [1.82, 2.24) is 4.90 Å². The molecule has 3 bridgehead atoms. The number of hydrogen-bond acceptors (Lipinski definition) is 6. The SMILES string of the molecule is CC=C1CN2CC[C@]34C(=Nc5ccccc53)[C@]2(C)C[C@]1(C)[C@]4(COC(C)=O)C(=O)OC. The van der Waals surface area contributed by atoms with Gasteiger partial charge in [-0.1, -0.05) is 36.8 Å². The molecule has 0 N–H and O–H groups in total. The lowest BCUT2D eigenvalue weighted by Crippen LogP contribution is -2.82. The molecule has 1 aromatic rings. The summed E-state index contributed by atoms with van der Waals surface area (Å²) in [5.41, 5.74) is 1.59. The van der Waals surface area contributed by atoms with Crippen LogP contribution >= 0.6 is 0 Å². The number of rotatable bonds is 3. The second-order valence-electron chi connectivity index (χ2n) is 9.83. The maximum absolute atomic E-state index is 14.0. The lowest BCUT2D eigenvalue weighted by molar-refractivity contribution is -0.191. The average molecular weight is 423 g/mol. The summed E-state index contributed by atoms with van der Waals surface area (Å²) in [5.74, 6) is -0.714. The minimum atomic E-state index is -1.10. The number of para-hydroxylation sites is 1. The Morgan fingerprint density at radius 3 is 2.68 bits per heavy atom. The molecule has 6 nitrogen and oxygen atoms in total. The number of esters is 2. The van der Waals surface area contributed by atoms with Gasteiger partial charge in [0.25, 0.3) is 0 Å². The first-order valence-electron chi connectivity index (χ1n) is 11.0. The number of nitrogens with zero attached hydrogens (tertiary/aromatic N) is 2. The minimum absolute atomic E-state index is 0.0215. The number of aliphatic imine (C=N–C) groups is 1. The fraction of sp³-hybridized carbons (Fsp3) is 0.560. The summed E-state index contributed by atoms with van der Waals surface area (Å²) in [5, 5.41) is 0. The Hall–Kier alpha value is -2.47. The van der Waals surface area contributed by atoms with Crippen molar-refractivity contribution in [3.05, 3.63) is 41.5 Å². The molecule has 3 heterocycles. The number of carbonyl (C=O) groups excluding carboxylic acids is 2. The van der Waals surface area contributed by atoms with Crippen LogP contribution in [0.25, 0.3) is 0 Å². The van der Waals surface area contributed by atoms with Gasteiger partial charge in [0.15, 0.2) is 0 Å². The van der Waals surface area contributed by atoms with Gasteiger partial charge in [-0.25, -0.2) is 0 Å². The van der Waals surface area contributed by atoms with Crippen LogP contribution in [0.15, 0.2) is 40.9 Å². The van der Waals surface area contributed by atoms with E-state index in [0.717, 1.165) is 42.9 Å². The Balaban J connectivity index is 1.92. The van der Waals surface area contributed by atoms with Crippen molar-refractivity contribution in [2.75, 3.05) is 26.8 Å². The van der Waals surface area contributed by atoms with E-state index >= 15 is 0 Å². The summed E-state index contributed by atoms with van der Waals surface area (Å²) in [7, 11) is 1.44. The molecule has 0 amide bonds. The van der Waals surface area contributed by atoms with E-state index in [1.807, 2.05) is 25.1 Å². The van der Waals surface area contributed by atoms with Gasteiger partial charge in [0.2, 0.25) is 0 Å². The molecule has 6 heteroatoms. The normalized spacial score (nSPS) is 39.0. The molecule has 4 atom stereocenters. The molecule has 3 aliphatic heterocycles. The number of carbonyl (C=O) groups is 2. The van der Waals surface area contributed by atoms with Gasteiger partial charge in [-0.2, -0.15) is 0 Å². The van der Waals surface area contributed by atoms with Gasteiger partial charge in [-0.05, 0) is 38.3 Å². The van der Waals surface area contributed by atoms with E-state index in [0.29, 0.717) is 0 Å². The van der Waals surface area contributed by atoms with Crippen LogP contribution in [0.5, 0.6) is 0 Å². The van der Waals surface area contributed by atoms with Gasteiger partial charge in [-0.3, -0.25) is 19.5 Å². The van der Waals surface area contributed by atoms with E-state index in [-0.39, 0.29) is 18.1 Å². The van der Waals surface area contributed by atoms with Gasteiger partial charge in [0.05, 0.1) is 29.5 Å². The van der Waals surface area contributed by atoms with Crippen LogP contribution in [0.3, 0.4) is 0 Å². The van der Waals surface area contributed by atoms with Crippen molar-refractivity contribution in [2.24, 2.45) is 15.8 Å². The number of hydrogen-bond donors (Lipinski definition) is 0. The smallest absolute Gasteiger partial charge is 0.317 e. The molecule has 0 aromatic heterocycles. The van der Waals surface area contributed by atoms with Crippen molar-refractivity contribution < 1.29 is 19.1 Å². The summed E-state index contributed by atoms with van der Waals surface area (Å²) >= 11 is 0. The highest BCUT2D eigenvalue weighted by atomic mass is 16.5. The van der Waals surface area contributed by atoms with Crippen molar-refractivity contribution in [3.8, 4) is 0 Å². The fourth-order valence-corrected chi connectivity index (χ4v) is 7.52. The lowest BCUT2D eigenvalue weighted by atomic mass is 9.35. The van der Waals surface area contributed by atoms with E-state index < -0.39 is 22.2 Å². The number of piperidine rings is 2. The highest BCUT2D eigenvalue weighted by Gasteiger charge is 2.80. The number of fused-ring (bicyclic) bond motifs is 2. The monoisotopic (exact) mass is 422 g/mol. The van der Waals surface area contributed by atoms with Gasteiger partial charge in [-0.15, -0.1) is 0 Å². The third kappa shape index (κ3) is 2.10. The Morgan fingerprint density at radius 2 is 2.00 bits per heavy atom. The molecular weight excluding hydrogens is 392 g/mol. The predicted molar refractivity (Wildman–Crippen MR) is 117 cm³/mol. The summed E-state index contributed by atoms with van der Waals surface area (Å²) in [6, 6.07) is 8.12. The van der Waals surface area contributed by atoms with E-state index in [1.54, 1.807) is 0 Å².